The largest absolute Gasteiger partial charge is 0.353 e. The summed E-state index contributed by atoms with van der Waals surface area (Å²) in [6.07, 6.45) is 1.66. The van der Waals surface area contributed by atoms with Crippen molar-refractivity contribution in [2.45, 2.75) is 33.6 Å². The van der Waals surface area contributed by atoms with Crippen molar-refractivity contribution in [2.75, 3.05) is 31.1 Å². The quantitative estimate of drug-likeness (QED) is 0.852. The maximum Gasteiger partial charge on any atom is 0.257 e. The van der Waals surface area contributed by atoms with Gasteiger partial charge in [0.05, 0.1) is 11.8 Å². The number of carbonyl (C=O) groups excluding carboxylic acids is 1. The SMILES string of the molecule is Cc1cc(N2CCN(C(=O)c3cnn(C)c3C)CC2)nc(C(C)C)n1. The smallest absolute Gasteiger partial charge is 0.257 e. The minimum Gasteiger partial charge on any atom is -0.353 e. The van der Waals surface area contributed by atoms with Crippen molar-refractivity contribution < 1.29 is 4.79 Å². The van der Waals surface area contributed by atoms with Gasteiger partial charge in [0, 0.05) is 56.6 Å². The third kappa shape index (κ3) is 3.50. The Morgan fingerprint density at radius 2 is 1.80 bits per heavy atom. The third-order valence-electron chi connectivity index (χ3n) is 4.73. The van der Waals surface area contributed by atoms with E-state index in [0.717, 1.165) is 36.1 Å². The van der Waals surface area contributed by atoms with Crippen molar-refractivity contribution in [2.24, 2.45) is 7.05 Å². The van der Waals surface area contributed by atoms with Crippen LogP contribution in [0.3, 0.4) is 0 Å². The minimum absolute atomic E-state index is 0.0620. The molecule has 0 spiro atoms. The fraction of sp³-hybridized carbons (Fsp3) is 0.556. The molecular formula is C18H26N6O. The Morgan fingerprint density at radius 3 is 2.36 bits per heavy atom. The number of carbonyl (C=O) groups is 1. The van der Waals surface area contributed by atoms with Gasteiger partial charge in [0.25, 0.3) is 5.91 Å². The molecular weight excluding hydrogens is 316 g/mol. The zero-order valence-electron chi connectivity index (χ0n) is 15.7. The summed E-state index contributed by atoms with van der Waals surface area (Å²) in [7, 11) is 1.85. The van der Waals surface area contributed by atoms with Crippen molar-refractivity contribution in [3.05, 3.63) is 35.0 Å². The summed E-state index contributed by atoms with van der Waals surface area (Å²) >= 11 is 0. The molecule has 0 aromatic carbocycles. The molecule has 3 heterocycles. The summed E-state index contributed by atoms with van der Waals surface area (Å²) in [5.74, 6) is 2.20. The van der Waals surface area contributed by atoms with E-state index in [4.69, 9.17) is 4.98 Å². The number of nitrogens with zero attached hydrogens (tertiary/aromatic N) is 6. The van der Waals surface area contributed by atoms with E-state index in [9.17, 15) is 4.79 Å². The van der Waals surface area contributed by atoms with Crippen LogP contribution in [0.4, 0.5) is 5.82 Å². The van der Waals surface area contributed by atoms with Gasteiger partial charge < -0.3 is 9.80 Å². The fourth-order valence-corrected chi connectivity index (χ4v) is 3.01. The second kappa shape index (κ2) is 6.82. The van der Waals surface area contributed by atoms with Gasteiger partial charge in [-0.15, -0.1) is 0 Å². The Hall–Kier alpha value is -2.44. The Bertz CT molecular complexity index is 774. The van der Waals surface area contributed by atoms with Gasteiger partial charge in [-0.25, -0.2) is 9.97 Å². The van der Waals surface area contributed by atoms with Crippen LogP contribution < -0.4 is 4.90 Å². The summed E-state index contributed by atoms with van der Waals surface area (Å²) in [6, 6.07) is 2.02. The zero-order chi connectivity index (χ0) is 18.1. The average Bonchev–Trinajstić information content (AvgIpc) is 2.93. The summed E-state index contributed by atoms with van der Waals surface area (Å²) in [6.45, 7) is 11.1. The van der Waals surface area contributed by atoms with Gasteiger partial charge in [-0.1, -0.05) is 13.8 Å². The van der Waals surface area contributed by atoms with Crippen LogP contribution in [0.1, 0.15) is 47.3 Å². The first-order valence-corrected chi connectivity index (χ1v) is 8.75. The number of aromatic nitrogens is 4. The van der Waals surface area contributed by atoms with Crippen LogP contribution in [0.25, 0.3) is 0 Å². The maximum absolute atomic E-state index is 12.7. The number of hydrogen-bond acceptors (Lipinski definition) is 5. The topological polar surface area (TPSA) is 67.2 Å². The summed E-state index contributed by atoms with van der Waals surface area (Å²) in [5, 5.41) is 4.17. The molecule has 1 fully saturated rings. The lowest BCUT2D eigenvalue weighted by Gasteiger charge is -2.35. The van der Waals surface area contributed by atoms with Gasteiger partial charge in [0.2, 0.25) is 0 Å². The molecule has 0 N–H and O–H groups in total. The molecule has 2 aromatic heterocycles. The molecule has 7 heteroatoms. The highest BCUT2D eigenvalue weighted by molar-refractivity contribution is 5.95. The molecule has 1 aliphatic heterocycles. The highest BCUT2D eigenvalue weighted by atomic mass is 16.2. The molecule has 25 heavy (non-hydrogen) atoms. The fourth-order valence-electron chi connectivity index (χ4n) is 3.01. The van der Waals surface area contributed by atoms with Crippen molar-refractivity contribution in [1.82, 2.24) is 24.6 Å². The van der Waals surface area contributed by atoms with Crippen LogP contribution in [-0.2, 0) is 7.05 Å². The van der Waals surface area contributed by atoms with Gasteiger partial charge in [-0.3, -0.25) is 9.48 Å². The molecule has 0 atom stereocenters. The molecule has 0 unspecified atom stereocenters. The molecule has 2 aromatic rings. The molecule has 1 saturated heterocycles. The van der Waals surface area contributed by atoms with Crippen molar-refractivity contribution >= 4 is 11.7 Å². The second-order valence-electron chi connectivity index (χ2n) is 6.93. The van der Waals surface area contributed by atoms with E-state index in [-0.39, 0.29) is 5.91 Å². The lowest BCUT2D eigenvalue weighted by molar-refractivity contribution is 0.0745. The van der Waals surface area contributed by atoms with Crippen LogP contribution >= 0.6 is 0 Å². The van der Waals surface area contributed by atoms with Crippen LogP contribution in [0, 0.1) is 13.8 Å². The van der Waals surface area contributed by atoms with Crippen molar-refractivity contribution in [3.8, 4) is 0 Å². The van der Waals surface area contributed by atoms with E-state index in [2.05, 4.69) is 28.8 Å². The van der Waals surface area contributed by atoms with E-state index < -0.39 is 0 Å². The minimum atomic E-state index is 0.0620. The third-order valence-corrected chi connectivity index (χ3v) is 4.73. The van der Waals surface area contributed by atoms with Gasteiger partial charge >= 0.3 is 0 Å². The maximum atomic E-state index is 12.7. The van der Waals surface area contributed by atoms with Gasteiger partial charge in [0.1, 0.15) is 11.6 Å². The predicted molar refractivity (Wildman–Crippen MR) is 96.9 cm³/mol. The Balaban J connectivity index is 1.70. The number of amides is 1. The molecule has 1 amide bonds. The van der Waals surface area contributed by atoms with Gasteiger partial charge in [0.15, 0.2) is 0 Å². The Labute approximate surface area is 148 Å². The Kier molecular flexibility index (Phi) is 4.74. The molecule has 1 aliphatic rings. The number of aryl methyl sites for hydroxylation is 2. The van der Waals surface area contributed by atoms with Crippen molar-refractivity contribution in [3.63, 3.8) is 0 Å². The first-order chi connectivity index (χ1) is 11.9. The van der Waals surface area contributed by atoms with E-state index in [1.807, 2.05) is 31.9 Å². The molecule has 3 rings (SSSR count). The van der Waals surface area contributed by atoms with E-state index in [0.29, 0.717) is 24.6 Å². The lowest BCUT2D eigenvalue weighted by Crippen LogP contribution is -2.49. The van der Waals surface area contributed by atoms with Crippen LogP contribution in [-0.4, -0.2) is 56.7 Å². The molecule has 0 saturated carbocycles. The predicted octanol–water partition coefficient (Wildman–Crippen LogP) is 1.91. The van der Waals surface area contributed by atoms with Crippen LogP contribution in [0.15, 0.2) is 12.3 Å². The number of anilines is 1. The highest BCUT2D eigenvalue weighted by Gasteiger charge is 2.25. The van der Waals surface area contributed by atoms with Gasteiger partial charge in [-0.05, 0) is 13.8 Å². The first kappa shape index (κ1) is 17.4. The number of piperazine rings is 1. The zero-order valence-corrected chi connectivity index (χ0v) is 15.7. The second-order valence-corrected chi connectivity index (χ2v) is 6.93. The Morgan fingerprint density at radius 1 is 1.12 bits per heavy atom. The molecule has 0 bridgehead atoms. The van der Waals surface area contributed by atoms with E-state index >= 15 is 0 Å². The highest BCUT2D eigenvalue weighted by Crippen LogP contribution is 2.19. The first-order valence-electron chi connectivity index (χ1n) is 8.75. The molecule has 0 radical (unpaired) electrons. The summed E-state index contributed by atoms with van der Waals surface area (Å²) < 4.78 is 1.74. The van der Waals surface area contributed by atoms with Gasteiger partial charge in [-0.2, -0.15) is 5.10 Å². The van der Waals surface area contributed by atoms with E-state index in [1.165, 1.54) is 0 Å². The summed E-state index contributed by atoms with van der Waals surface area (Å²) in [4.78, 5) is 26.1. The molecule has 7 nitrogen and oxygen atoms in total. The summed E-state index contributed by atoms with van der Waals surface area (Å²) in [5.41, 5.74) is 2.58. The monoisotopic (exact) mass is 342 g/mol. The number of rotatable bonds is 3. The lowest BCUT2D eigenvalue weighted by atomic mass is 10.2. The average molecular weight is 342 g/mol. The van der Waals surface area contributed by atoms with Crippen molar-refractivity contribution in [1.29, 1.82) is 0 Å². The normalized spacial score (nSPS) is 15.1. The van der Waals surface area contributed by atoms with Crippen LogP contribution in [0.2, 0.25) is 0 Å². The molecule has 0 aliphatic carbocycles. The number of hydrogen-bond donors (Lipinski definition) is 0. The van der Waals surface area contributed by atoms with Crippen LogP contribution in [0.5, 0.6) is 0 Å². The van der Waals surface area contributed by atoms with E-state index in [1.54, 1.807) is 10.9 Å². The molecule has 134 valence electrons. The standard InChI is InChI=1S/C18H26N6O/c1-12(2)17-20-13(3)10-16(21-17)23-6-8-24(9-7-23)18(25)15-11-19-22(5)14(15)4/h10-12H,6-9H2,1-5H3.